The molecule has 0 aliphatic carbocycles. The van der Waals surface area contributed by atoms with Crippen molar-refractivity contribution in [3.8, 4) is 0 Å². The maximum Gasteiger partial charge on any atom is 0.326 e. The van der Waals surface area contributed by atoms with E-state index in [2.05, 4.69) is 16.0 Å². The number of carboxylic acids is 2. The molecular formula is C18H30N6O9. The van der Waals surface area contributed by atoms with Gasteiger partial charge in [-0.3, -0.25) is 28.8 Å². The van der Waals surface area contributed by atoms with Gasteiger partial charge in [-0.25, -0.2) is 4.79 Å². The van der Waals surface area contributed by atoms with Gasteiger partial charge in [0, 0.05) is 6.42 Å². The third-order valence-corrected chi connectivity index (χ3v) is 4.31. The highest BCUT2D eigenvalue weighted by Gasteiger charge is 2.33. The lowest BCUT2D eigenvalue weighted by atomic mass is 10.0. The summed E-state index contributed by atoms with van der Waals surface area (Å²) in [6.45, 7) is 3.05. The van der Waals surface area contributed by atoms with E-state index in [4.69, 9.17) is 22.3 Å². The van der Waals surface area contributed by atoms with Gasteiger partial charge >= 0.3 is 11.9 Å². The molecule has 0 heterocycles. The summed E-state index contributed by atoms with van der Waals surface area (Å²) in [6, 6.07) is -5.88. The number of aliphatic carboxylic acids is 2. The number of rotatable bonds is 15. The minimum absolute atomic E-state index is 0.287. The second-order valence-electron chi connectivity index (χ2n) is 7.57. The second kappa shape index (κ2) is 13.6. The van der Waals surface area contributed by atoms with Crippen LogP contribution in [0.4, 0.5) is 0 Å². The van der Waals surface area contributed by atoms with Crippen molar-refractivity contribution in [3.05, 3.63) is 0 Å². The maximum atomic E-state index is 12.6. The van der Waals surface area contributed by atoms with Crippen LogP contribution in [0.1, 0.15) is 39.5 Å². The van der Waals surface area contributed by atoms with E-state index in [1.807, 2.05) is 0 Å². The SMILES string of the molecule is CC(C)C(NC(=O)C(CC(=O)O)NC(=O)C(N)CC(N)=O)C(=O)NC(CCC(N)=O)C(=O)O. The Balaban J connectivity index is 5.45. The third-order valence-electron chi connectivity index (χ3n) is 4.31. The van der Waals surface area contributed by atoms with Gasteiger partial charge < -0.3 is 43.4 Å². The minimum atomic E-state index is -1.66. The molecule has 0 aromatic heterocycles. The fraction of sp³-hybridized carbons (Fsp3) is 0.611. The fourth-order valence-electron chi connectivity index (χ4n) is 2.57. The van der Waals surface area contributed by atoms with Gasteiger partial charge in [0.15, 0.2) is 0 Å². The monoisotopic (exact) mass is 474 g/mol. The number of hydrogen-bond donors (Lipinski definition) is 8. The first kappa shape index (κ1) is 29.2. The predicted octanol–water partition coefficient (Wildman–Crippen LogP) is -3.88. The molecule has 33 heavy (non-hydrogen) atoms. The van der Waals surface area contributed by atoms with E-state index in [0.29, 0.717) is 0 Å². The van der Waals surface area contributed by atoms with Crippen molar-refractivity contribution in [3.63, 3.8) is 0 Å². The lowest BCUT2D eigenvalue weighted by molar-refractivity contribution is -0.144. The molecule has 0 fully saturated rings. The van der Waals surface area contributed by atoms with Crippen LogP contribution in [-0.2, 0) is 33.6 Å². The standard InChI is InChI=1S/C18H30N6O9/c1-7(2)14(17(31)22-9(18(32)33)3-4-11(20)25)24-16(30)10(6-13(27)28)23-15(29)8(19)5-12(21)26/h7-10,14H,3-6,19H2,1-2H3,(H2,20,25)(H2,21,26)(H,22,31)(H,23,29)(H,24,30)(H,27,28)(H,32,33). The lowest BCUT2D eigenvalue weighted by Gasteiger charge is -2.26. The van der Waals surface area contributed by atoms with Crippen molar-refractivity contribution in [1.29, 1.82) is 0 Å². The van der Waals surface area contributed by atoms with Crippen molar-refractivity contribution >= 4 is 41.5 Å². The van der Waals surface area contributed by atoms with Crippen molar-refractivity contribution in [1.82, 2.24) is 16.0 Å². The summed E-state index contributed by atoms with van der Waals surface area (Å²) < 4.78 is 0. The van der Waals surface area contributed by atoms with Gasteiger partial charge in [0.1, 0.15) is 18.1 Å². The summed E-state index contributed by atoms with van der Waals surface area (Å²) in [5.74, 6) is -8.13. The molecule has 186 valence electrons. The molecule has 0 bridgehead atoms. The molecule has 0 saturated heterocycles. The molecule has 0 rings (SSSR count). The van der Waals surface area contributed by atoms with Gasteiger partial charge in [0.25, 0.3) is 0 Å². The second-order valence-corrected chi connectivity index (χ2v) is 7.57. The van der Waals surface area contributed by atoms with E-state index in [1.54, 1.807) is 0 Å². The highest BCUT2D eigenvalue weighted by Crippen LogP contribution is 2.06. The number of hydrogen-bond acceptors (Lipinski definition) is 8. The molecule has 4 atom stereocenters. The Hall–Kier alpha value is -3.75. The van der Waals surface area contributed by atoms with Gasteiger partial charge in [0.2, 0.25) is 29.5 Å². The largest absolute Gasteiger partial charge is 0.481 e. The van der Waals surface area contributed by atoms with Crippen LogP contribution in [0, 0.1) is 5.92 Å². The number of nitrogens with one attached hydrogen (secondary N) is 3. The topological polar surface area (TPSA) is 274 Å². The summed E-state index contributed by atoms with van der Waals surface area (Å²) in [4.78, 5) is 81.6. The van der Waals surface area contributed by atoms with Crippen molar-refractivity contribution in [2.24, 2.45) is 23.1 Å². The average Bonchev–Trinajstić information content (AvgIpc) is 2.66. The van der Waals surface area contributed by atoms with E-state index >= 15 is 0 Å². The Kier molecular flexibility index (Phi) is 12.1. The van der Waals surface area contributed by atoms with Gasteiger partial charge in [-0.2, -0.15) is 0 Å². The zero-order chi connectivity index (χ0) is 25.9. The lowest BCUT2D eigenvalue weighted by Crippen LogP contribution is -2.59. The number of nitrogens with two attached hydrogens (primary N) is 3. The van der Waals surface area contributed by atoms with Gasteiger partial charge in [-0.05, 0) is 12.3 Å². The van der Waals surface area contributed by atoms with Crippen LogP contribution in [0.3, 0.4) is 0 Å². The molecule has 4 unspecified atom stereocenters. The highest BCUT2D eigenvalue weighted by atomic mass is 16.4. The molecule has 0 radical (unpaired) electrons. The Morgan fingerprint density at radius 1 is 0.758 bits per heavy atom. The summed E-state index contributed by atoms with van der Waals surface area (Å²) in [5.41, 5.74) is 15.4. The van der Waals surface area contributed by atoms with Gasteiger partial charge in [0.05, 0.1) is 18.9 Å². The van der Waals surface area contributed by atoms with E-state index in [-0.39, 0.29) is 12.8 Å². The molecule has 15 nitrogen and oxygen atoms in total. The number of primary amides is 2. The molecule has 0 aromatic carbocycles. The molecule has 0 aliphatic heterocycles. The Morgan fingerprint density at radius 3 is 1.73 bits per heavy atom. The normalized spacial score (nSPS) is 14.3. The fourth-order valence-corrected chi connectivity index (χ4v) is 2.57. The summed E-state index contributed by atoms with van der Waals surface area (Å²) in [6.07, 6.45) is -2.02. The van der Waals surface area contributed by atoms with Crippen LogP contribution in [-0.4, -0.2) is 75.9 Å². The quantitative estimate of drug-likeness (QED) is 0.114. The van der Waals surface area contributed by atoms with Crippen LogP contribution < -0.4 is 33.2 Å². The minimum Gasteiger partial charge on any atom is -0.481 e. The van der Waals surface area contributed by atoms with Crippen LogP contribution >= 0.6 is 0 Å². The van der Waals surface area contributed by atoms with Crippen molar-refractivity contribution in [2.75, 3.05) is 0 Å². The molecule has 0 aliphatic rings. The van der Waals surface area contributed by atoms with Crippen molar-refractivity contribution in [2.45, 2.75) is 63.7 Å². The first-order valence-corrected chi connectivity index (χ1v) is 9.83. The van der Waals surface area contributed by atoms with Crippen molar-refractivity contribution < 1.29 is 43.8 Å². The molecule has 5 amide bonds. The Bertz CT molecular complexity index is 785. The summed E-state index contributed by atoms with van der Waals surface area (Å²) >= 11 is 0. The first-order valence-electron chi connectivity index (χ1n) is 9.83. The zero-order valence-corrected chi connectivity index (χ0v) is 18.2. The van der Waals surface area contributed by atoms with Crippen LogP contribution in [0.5, 0.6) is 0 Å². The van der Waals surface area contributed by atoms with E-state index in [0.717, 1.165) is 0 Å². The number of carbonyl (C=O) groups excluding carboxylic acids is 5. The average molecular weight is 474 g/mol. The summed E-state index contributed by atoms with van der Waals surface area (Å²) in [5, 5.41) is 24.8. The van der Waals surface area contributed by atoms with Gasteiger partial charge in [-0.15, -0.1) is 0 Å². The van der Waals surface area contributed by atoms with E-state index in [1.165, 1.54) is 13.8 Å². The van der Waals surface area contributed by atoms with Crippen LogP contribution in [0.15, 0.2) is 0 Å². The smallest absolute Gasteiger partial charge is 0.326 e. The van der Waals surface area contributed by atoms with E-state index < -0.39 is 84.4 Å². The Morgan fingerprint density at radius 2 is 1.30 bits per heavy atom. The third kappa shape index (κ3) is 11.4. The maximum absolute atomic E-state index is 12.6. The van der Waals surface area contributed by atoms with Gasteiger partial charge in [-0.1, -0.05) is 13.8 Å². The molecule has 0 saturated carbocycles. The van der Waals surface area contributed by atoms with E-state index in [9.17, 15) is 38.7 Å². The van der Waals surface area contributed by atoms with Crippen LogP contribution in [0.25, 0.3) is 0 Å². The zero-order valence-electron chi connectivity index (χ0n) is 18.2. The highest BCUT2D eigenvalue weighted by molar-refractivity contribution is 5.96. The summed E-state index contributed by atoms with van der Waals surface area (Å²) in [7, 11) is 0. The first-order chi connectivity index (χ1) is 15.1. The number of carboxylic acid groups (broad SMARTS) is 2. The molecule has 0 spiro atoms. The van der Waals surface area contributed by atoms with Crippen LogP contribution in [0.2, 0.25) is 0 Å². The molecule has 15 heteroatoms. The number of amides is 5. The molecule has 0 aromatic rings. The predicted molar refractivity (Wildman–Crippen MR) is 111 cm³/mol. The molecular weight excluding hydrogens is 444 g/mol. The molecule has 11 N–H and O–H groups in total. The number of carbonyl (C=O) groups is 7. The Labute approximate surface area is 188 Å².